The fourth-order valence-corrected chi connectivity index (χ4v) is 2.60. The molecule has 0 amide bonds. The van der Waals surface area contributed by atoms with Gasteiger partial charge < -0.3 is 10.1 Å². The van der Waals surface area contributed by atoms with Crippen LogP contribution >= 0.6 is 0 Å². The summed E-state index contributed by atoms with van der Waals surface area (Å²) in [5.74, 6) is 1.07. The van der Waals surface area contributed by atoms with Crippen molar-refractivity contribution in [1.29, 1.82) is 0 Å². The number of nitrogens with one attached hydrogen (secondary N) is 1. The molecule has 0 spiro atoms. The standard InChI is InChI=1S/C19H21NO.2C2H6/c1-3-7-17-18(15-12-10-14(2)11-13-15)20-19(21-17)16-8-5-4-6-9-16;2*1-2/h4-6,8-13,19-20H,3,7H2,1-2H3;2*1-2H3. The fraction of sp³-hybridized carbons (Fsp3) is 0.391. The molecular formula is C23H33NO. The molecule has 1 heterocycles. The van der Waals surface area contributed by atoms with Gasteiger partial charge in [0.2, 0.25) is 0 Å². The number of allylic oxidation sites excluding steroid dienone is 1. The van der Waals surface area contributed by atoms with Crippen LogP contribution in [0, 0.1) is 6.92 Å². The Morgan fingerprint density at radius 3 is 2.04 bits per heavy atom. The van der Waals surface area contributed by atoms with Crippen molar-refractivity contribution >= 4 is 5.70 Å². The van der Waals surface area contributed by atoms with Gasteiger partial charge >= 0.3 is 0 Å². The van der Waals surface area contributed by atoms with Crippen molar-refractivity contribution in [2.75, 3.05) is 0 Å². The van der Waals surface area contributed by atoms with E-state index >= 15 is 0 Å². The molecule has 0 saturated carbocycles. The van der Waals surface area contributed by atoms with Crippen LogP contribution in [0.4, 0.5) is 0 Å². The second kappa shape index (κ2) is 11.4. The van der Waals surface area contributed by atoms with Crippen LogP contribution in [0.1, 0.15) is 70.4 Å². The van der Waals surface area contributed by atoms with E-state index in [-0.39, 0.29) is 6.23 Å². The van der Waals surface area contributed by atoms with E-state index in [1.807, 2.05) is 45.9 Å². The molecule has 1 atom stereocenters. The highest BCUT2D eigenvalue weighted by Crippen LogP contribution is 2.34. The number of hydrogen-bond donors (Lipinski definition) is 1. The molecule has 2 aromatic carbocycles. The molecule has 2 heteroatoms. The minimum absolute atomic E-state index is 0.0796. The van der Waals surface area contributed by atoms with Crippen molar-refractivity contribution in [3.63, 3.8) is 0 Å². The van der Waals surface area contributed by atoms with E-state index in [0.29, 0.717) is 0 Å². The van der Waals surface area contributed by atoms with Crippen LogP contribution in [0.3, 0.4) is 0 Å². The average Bonchev–Trinajstić information content (AvgIpc) is 3.11. The molecule has 0 aliphatic carbocycles. The summed E-state index contributed by atoms with van der Waals surface area (Å²) >= 11 is 0. The third kappa shape index (κ3) is 5.67. The van der Waals surface area contributed by atoms with Gasteiger partial charge in [0.15, 0.2) is 6.23 Å². The molecule has 0 aromatic heterocycles. The zero-order chi connectivity index (χ0) is 18.7. The van der Waals surface area contributed by atoms with E-state index < -0.39 is 0 Å². The largest absolute Gasteiger partial charge is 0.469 e. The molecule has 0 fully saturated rings. The summed E-state index contributed by atoms with van der Waals surface area (Å²) < 4.78 is 6.15. The van der Waals surface area contributed by atoms with Crippen molar-refractivity contribution in [3.8, 4) is 0 Å². The maximum absolute atomic E-state index is 6.15. The third-order valence-electron chi connectivity index (χ3n) is 3.73. The molecule has 3 rings (SSSR count). The number of hydrogen-bond acceptors (Lipinski definition) is 2. The van der Waals surface area contributed by atoms with E-state index in [2.05, 4.69) is 55.6 Å². The van der Waals surface area contributed by atoms with Crippen molar-refractivity contribution in [1.82, 2.24) is 5.32 Å². The monoisotopic (exact) mass is 339 g/mol. The van der Waals surface area contributed by atoms with E-state index in [0.717, 1.165) is 29.9 Å². The summed E-state index contributed by atoms with van der Waals surface area (Å²) in [5.41, 5.74) is 4.76. The highest BCUT2D eigenvalue weighted by atomic mass is 16.5. The van der Waals surface area contributed by atoms with Gasteiger partial charge in [-0.15, -0.1) is 0 Å². The van der Waals surface area contributed by atoms with Gasteiger partial charge in [0.05, 0.1) is 5.70 Å². The Morgan fingerprint density at radius 1 is 0.880 bits per heavy atom. The molecule has 0 saturated heterocycles. The Morgan fingerprint density at radius 2 is 1.48 bits per heavy atom. The van der Waals surface area contributed by atoms with Crippen molar-refractivity contribution < 1.29 is 4.74 Å². The van der Waals surface area contributed by atoms with Gasteiger partial charge in [0.25, 0.3) is 0 Å². The minimum Gasteiger partial charge on any atom is -0.469 e. The van der Waals surface area contributed by atoms with Crippen LogP contribution in [0.25, 0.3) is 5.70 Å². The molecule has 1 N–H and O–H groups in total. The summed E-state index contributed by atoms with van der Waals surface area (Å²) in [5, 5.41) is 3.54. The number of aryl methyl sites for hydroxylation is 1. The summed E-state index contributed by atoms with van der Waals surface area (Å²) in [4.78, 5) is 0. The second-order valence-corrected chi connectivity index (χ2v) is 5.47. The lowest BCUT2D eigenvalue weighted by molar-refractivity contribution is 0.123. The third-order valence-corrected chi connectivity index (χ3v) is 3.73. The van der Waals surface area contributed by atoms with E-state index in [4.69, 9.17) is 4.74 Å². The van der Waals surface area contributed by atoms with Gasteiger partial charge in [-0.25, -0.2) is 0 Å². The Labute approximate surface area is 153 Å². The van der Waals surface area contributed by atoms with Crippen LogP contribution < -0.4 is 5.32 Å². The zero-order valence-corrected chi connectivity index (χ0v) is 16.6. The molecular weight excluding hydrogens is 306 g/mol. The highest BCUT2D eigenvalue weighted by Gasteiger charge is 2.26. The predicted molar refractivity (Wildman–Crippen MR) is 109 cm³/mol. The SMILES string of the molecule is CC.CC.CCCC1=C(c2ccc(C)cc2)NC(c2ccccc2)O1. The Hall–Kier alpha value is -2.22. The molecule has 2 aromatic rings. The van der Waals surface area contributed by atoms with Crippen LogP contribution in [-0.2, 0) is 4.74 Å². The molecule has 0 radical (unpaired) electrons. The highest BCUT2D eigenvalue weighted by molar-refractivity contribution is 5.68. The van der Waals surface area contributed by atoms with E-state index in [1.165, 1.54) is 11.1 Å². The first kappa shape index (κ1) is 20.8. The molecule has 1 aliphatic rings. The zero-order valence-electron chi connectivity index (χ0n) is 16.6. The average molecular weight is 340 g/mol. The smallest absolute Gasteiger partial charge is 0.196 e. The molecule has 0 bridgehead atoms. The Kier molecular flexibility index (Phi) is 9.46. The molecule has 2 nitrogen and oxygen atoms in total. The van der Waals surface area contributed by atoms with Crippen LogP contribution in [-0.4, -0.2) is 0 Å². The van der Waals surface area contributed by atoms with Gasteiger partial charge in [-0.2, -0.15) is 0 Å². The summed E-state index contributed by atoms with van der Waals surface area (Å²) in [7, 11) is 0. The molecule has 1 aliphatic heterocycles. The lowest BCUT2D eigenvalue weighted by Gasteiger charge is -2.13. The normalized spacial score (nSPS) is 15.2. The number of ether oxygens (including phenoxy) is 1. The molecule has 1 unspecified atom stereocenters. The lowest BCUT2D eigenvalue weighted by Crippen LogP contribution is -2.14. The van der Waals surface area contributed by atoms with Gasteiger partial charge in [-0.05, 0) is 13.3 Å². The maximum atomic E-state index is 6.15. The summed E-state index contributed by atoms with van der Waals surface area (Å²) in [6, 6.07) is 18.9. The second-order valence-electron chi connectivity index (χ2n) is 5.47. The number of benzene rings is 2. The Balaban J connectivity index is 0.000000730. The summed E-state index contributed by atoms with van der Waals surface area (Å²) in [6.45, 7) is 12.3. The fourth-order valence-electron chi connectivity index (χ4n) is 2.60. The molecule has 136 valence electrons. The minimum atomic E-state index is -0.0796. The van der Waals surface area contributed by atoms with Crippen molar-refractivity contribution in [3.05, 3.63) is 77.0 Å². The lowest BCUT2D eigenvalue weighted by atomic mass is 10.1. The first-order valence-electron chi connectivity index (χ1n) is 9.56. The van der Waals surface area contributed by atoms with Crippen molar-refractivity contribution in [2.24, 2.45) is 0 Å². The topological polar surface area (TPSA) is 21.3 Å². The first-order valence-corrected chi connectivity index (χ1v) is 9.56. The van der Waals surface area contributed by atoms with Crippen LogP contribution in [0.2, 0.25) is 0 Å². The maximum Gasteiger partial charge on any atom is 0.196 e. The summed E-state index contributed by atoms with van der Waals surface area (Å²) in [6.07, 6.45) is 1.96. The van der Waals surface area contributed by atoms with Gasteiger partial charge in [0.1, 0.15) is 5.76 Å². The predicted octanol–water partition coefficient (Wildman–Crippen LogP) is 6.83. The van der Waals surface area contributed by atoms with Crippen LogP contribution in [0.15, 0.2) is 60.4 Å². The quantitative estimate of drug-likeness (QED) is 0.658. The first-order chi connectivity index (χ1) is 12.3. The van der Waals surface area contributed by atoms with Crippen molar-refractivity contribution in [2.45, 2.75) is 60.6 Å². The van der Waals surface area contributed by atoms with E-state index in [9.17, 15) is 0 Å². The Bertz CT molecular complexity index is 629. The van der Waals surface area contributed by atoms with Gasteiger partial charge in [0, 0.05) is 17.5 Å². The van der Waals surface area contributed by atoms with E-state index in [1.54, 1.807) is 0 Å². The number of rotatable bonds is 4. The molecule has 25 heavy (non-hydrogen) atoms. The van der Waals surface area contributed by atoms with Crippen LogP contribution in [0.5, 0.6) is 0 Å². The van der Waals surface area contributed by atoms with Gasteiger partial charge in [-0.3, -0.25) is 0 Å². The van der Waals surface area contributed by atoms with Gasteiger partial charge in [-0.1, -0.05) is 94.8 Å².